The first-order valence-electron chi connectivity index (χ1n) is 7.70. The Kier molecular flexibility index (Phi) is 3.99. The molecule has 0 aromatic carbocycles. The van der Waals surface area contributed by atoms with Crippen molar-refractivity contribution in [2.75, 3.05) is 20.7 Å². The van der Waals surface area contributed by atoms with E-state index in [0.29, 0.717) is 6.04 Å². The third kappa shape index (κ3) is 2.58. The second kappa shape index (κ2) is 5.77. The number of nitrogens with one attached hydrogen (secondary N) is 1. The van der Waals surface area contributed by atoms with Crippen molar-refractivity contribution in [1.29, 1.82) is 0 Å². The Balaban J connectivity index is 1.73. The van der Waals surface area contributed by atoms with E-state index in [2.05, 4.69) is 19.8 Å². The number of esters is 1. The summed E-state index contributed by atoms with van der Waals surface area (Å²) >= 11 is 0. The molecule has 0 radical (unpaired) electrons. The summed E-state index contributed by atoms with van der Waals surface area (Å²) < 4.78 is 7.24. The number of nitrogens with zero attached hydrogens (tertiary/aromatic N) is 3. The number of carbonyl (C=O) groups is 1. The molecule has 1 aliphatic heterocycles. The smallest absolute Gasteiger partial charge is 0.326 e. The van der Waals surface area contributed by atoms with Crippen LogP contribution in [0.4, 0.5) is 0 Å². The van der Waals surface area contributed by atoms with Gasteiger partial charge in [-0.05, 0) is 32.7 Å². The van der Waals surface area contributed by atoms with Gasteiger partial charge in [0, 0.05) is 31.5 Å². The predicted octanol–water partition coefficient (Wildman–Crippen LogP) is 0.772. The molecule has 1 aromatic rings. The molecule has 1 saturated carbocycles. The van der Waals surface area contributed by atoms with Gasteiger partial charge in [-0.2, -0.15) is 0 Å². The zero-order valence-corrected chi connectivity index (χ0v) is 12.8. The van der Waals surface area contributed by atoms with E-state index >= 15 is 0 Å². The molecule has 2 unspecified atom stereocenters. The Morgan fingerprint density at radius 2 is 2.38 bits per heavy atom. The van der Waals surface area contributed by atoms with Crippen LogP contribution in [-0.2, 0) is 22.6 Å². The summed E-state index contributed by atoms with van der Waals surface area (Å²) in [5, 5.41) is 3.23. The molecular weight excluding hydrogens is 268 g/mol. The van der Waals surface area contributed by atoms with Gasteiger partial charge in [0.25, 0.3) is 0 Å². The Morgan fingerprint density at radius 3 is 3.14 bits per heavy atom. The Labute approximate surface area is 125 Å². The molecular formula is C15H24N4O2. The summed E-state index contributed by atoms with van der Waals surface area (Å²) in [5.41, 5.74) is -0.523. The molecule has 116 valence electrons. The molecule has 6 nitrogen and oxygen atoms in total. The fourth-order valence-corrected chi connectivity index (χ4v) is 3.77. The van der Waals surface area contributed by atoms with Crippen LogP contribution < -0.4 is 5.32 Å². The van der Waals surface area contributed by atoms with Gasteiger partial charge >= 0.3 is 5.97 Å². The summed E-state index contributed by atoms with van der Waals surface area (Å²) in [6.07, 6.45) is 7.77. The highest BCUT2D eigenvalue weighted by Gasteiger charge is 2.44. The summed E-state index contributed by atoms with van der Waals surface area (Å²) in [4.78, 5) is 19.1. The maximum Gasteiger partial charge on any atom is 0.326 e. The first-order valence-corrected chi connectivity index (χ1v) is 7.70. The van der Waals surface area contributed by atoms with Crippen LogP contribution in [0.2, 0.25) is 0 Å². The fraction of sp³-hybridized carbons (Fsp3) is 0.733. The molecule has 0 amide bonds. The van der Waals surface area contributed by atoms with E-state index in [1.807, 2.05) is 19.4 Å². The first kappa shape index (κ1) is 14.5. The number of ether oxygens (including phenoxy) is 1. The highest BCUT2D eigenvalue weighted by Crippen LogP contribution is 2.33. The standard InChI is InChI=1S/C15H24N4O2/c1-16-15(14(20)21-2)5-3-4-12(10-15)19-9-8-18-7-6-17-13(18)11-19/h6-7,12,16H,3-5,8-11H2,1-2H3. The minimum atomic E-state index is -0.523. The van der Waals surface area contributed by atoms with Crippen molar-refractivity contribution in [2.45, 2.75) is 50.4 Å². The Bertz CT molecular complexity index is 516. The molecule has 1 aliphatic carbocycles. The molecule has 0 saturated heterocycles. The van der Waals surface area contributed by atoms with E-state index < -0.39 is 5.54 Å². The number of likely N-dealkylation sites (N-methyl/N-ethyl adjacent to an activating group) is 1. The lowest BCUT2D eigenvalue weighted by molar-refractivity contribution is -0.151. The predicted molar refractivity (Wildman–Crippen MR) is 78.7 cm³/mol. The lowest BCUT2D eigenvalue weighted by atomic mass is 9.78. The zero-order chi connectivity index (χ0) is 14.9. The molecule has 1 fully saturated rings. The molecule has 6 heteroatoms. The lowest BCUT2D eigenvalue weighted by Crippen LogP contribution is -2.58. The van der Waals surface area contributed by atoms with Gasteiger partial charge < -0.3 is 14.6 Å². The number of imidazole rings is 1. The summed E-state index contributed by atoms with van der Waals surface area (Å²) in [7, 11) is 3.34. The molecule has 2 heterocycles. The lowest BCUT2D eigenvalue weighted by Gasteiger charge is -2.44. The van der Waals surface area contributed by atoms with Crippen LogP contribution in [0.5, 0.6) is 0 Å². The monoisotopic (exact) mass is 292 g/mol. The quantitative estimate of drug-likeness (QED) is 0.834. The topological polar surface area (TPSA) is 59.4 Å². The van der Waals surface area contributed by atoms with Gasteiger partial charge in [-0.15, -0.1) is 0 Å². The molecule has 2 aliphatic rings. The van der Waals surface area contributed by atoms with Gasteiger partial charge in [0.05, 0.1) is 13.7 Å². The second-order valence-corrected chi connectivity index (χ2v) is 6.08. The summed E-state index contributed by atoms with van der Waals surface area (Å²) in [6, 6.07) is 0.413. The van der Waals surface area contributed by atoms with Crippen molar-refractivity contribution < 1.29 is 9.53 Å². The first-order chi connectivity index (χ1) is 10.2. The molecule has 3 rings (SSSR count). The van der Waals surface area contributed by atoms with E-state index in [1.54, 1.807) is 0 Å². The number of aromatic nitrogens is 2. The van der Waals surface area contributed by atoms with Crippen molar-refractivity contribution in [3.05, 3.63) is 18.2 Å². The van der Waals surface area contributed by atoms with E-state index in [0.717, 1.165) is 51.1 Å². The van der Waals surface area contributed by atoms with Crippen LogP contribution in [0.3, 0.4) is 0 Å². The zero-order valence-electron chi connectivity index (χ0n) is 12.8. The molecule has 1 N–H and O–H groups in total. The number of hydrogen-bond acceptors (Lipinski definition) is 5. The minimum absolute atomic E-state index is 0.131. The molecule has 0 spiro atoms. The molecule has 2 atom stereocenters. The van der Waals surface area contributed by atoms with Crippen LogP contribution in [0, 0.1) is 0 Å². The third-order valence-corrected chi connectivity index (χ3v) is 5.07. The number of methoxy groups -OCH3 is 1. The van der Waals surface area contributed by atoms with E-state index in [-0.39, 0.29) is 5.97 Å². The van der Waals surface area contributed by atoms with E-state index in [9.17, 15) is 4.79 Å². The summed E-state index contributed by atoms with van der Waals surface area (Å²) in [6.45, 7) is 2.88. The van der Waals surface area contributed by atoms with Crippen molar-refractivity contribution in [2.24, 2.45) is 0 Å². The Hall–Kier alpha value is -1.40. The largest absolute Gasteiger partial charge is 0.468 e. The number of rotatable bonds is 3. The summed E-state index contributed by atoms with van der Waals surface area (Å²) in [5.74, 6) is 0.994. The average Bonchev–Trinajstić information content (AvgIpc) is 3.01. The SMILES string of the molecule is CNC1(C(=O)OC)CCCC(N2CCn3ccnc3C2)C1. The maximum atomic E-state index is 12.2. The van der Waals surface area contributed by atoms with Crippen LogP contribution >= 0.6 is 0 Å². The molecule has 21 heavy (non-hydrogen) atoms. The minimum Gasteiger partial charge on any atom is -0.468 e. The van der Waals surface area contributed by atoms with Crippen molar-refractivity contribution in [3.8, 4) is 0 Å². The Morgan fingerprint density at radius 1 is 1.52 bits per heavy atom. The van der Waals surface area contributed by atoms with Crippen molar-refractivity contribution in [1.82, 2.24) is 19.8 Å². The highest BCUT2D eigenvalue weighted by molar-refractivity contribution is 5.81. The van der Waals surface area contributed by atoms with Crippen LogP contribution in [0.25, 0.3) is 0 Å². The number of hydrogen-bond donors (Lipinski definition) is 1. The van der Waals surface area contributed by atoms with E-state index in [1.165, 1.54) is 7.11 Å². The normalized spacial score (nSPS) is 29.9. The average molecular weight is 292 g/mol. The van der Waals surface area contributed by atoms with Crippen LogP contribution in [0.1, 0.15) is 31.5 Å². The second-order valence-electron chi connectivity index (χ2n) is 6.08. The van der Waals surface area contributed by atoms with Gasteiger partial charge in [0.15, 0.2) is 0 Å². The molecule has 0 bridgehead atoms. The fourth-order valence-electron chi connectivity index (χ4n) is 3.77. The van der Waals surface area contributed by atoms with E-state index in [4.69, 9.17) is 4.74 Å². The van der Waals surface area contributed by atoms with Crippen LogP contribution in [0.15, 0.2) is 12.4 Å². The van der Waals surface area contributed by atoms with Crippen molar-refractivity contribution >= 4 is 5.97 Å². The van der Waals surface area contributed by atoms with Crippen LogP contribution in [-0.4, -0.2) is 52.7 Å². The van der Waals surface area contributed by atoms with Gasteiger partial charge in [0.2, 0.25) is 0 Å². The highest BCUT2D eigenvalue weighted by atomic mass is 16.5. The number of carbonyl (C=O) groups excluding carboxylic acids is 1. The van der Waals surface area contributed by atoms with Crippen molar-refractivity contribution in [3.63, 3.8) is 0 Å². The third-order valence-electron chi connectivity index (χ3n) is 5.07. The van der Waals surface area contributed by atoms with Gasteiger partial charge in [-0.1, -0.05) is 0 Å². The molecule has 1 aromatic heterocycles. The van der Waals surface area contributed by atoms with Gasteiger partial charge in [-0.3, -0.25) is 9.69 Å². The van der Waals surface area contributed by atoms with Gasteiger partial charge in [-0.25, -0.2) is 4.98 Å². The number of fused-ring (bicyclic) bond motifs is 1. The van der Waals surface area contributed by atoms with Gasteiger partial charge in [0.1, 0.15) is 11.4 Å². The maximum absolute atomic E-state index is 12.2.